The molecular formula is C10H15N3O5. The van der Waals surface area contributed by atoms with Crippen molar-refractivity contribution < 1.29 is 19.6 Å². The SMILES string of the molecule is CC(C)Oc1nn(C(C)CC(=O)O)cc1[N+](=O)[O-]. The molecule has 1 aromatic rings. The number of hydrogen-bond donors (Lipinski definition) is 1. The minimum absolute atomic E-state index is 0.0905. The van der Waals surface area contributed by atoms with Crippen LogP contribution in [-0.4, -0.2) is 31.9 Å². The summed E-state index contributed by atoms with van der Waals surface area (Å²) in [7, 11) is 0. The summed E-state index contributed by atoms with van der Waals surface area (Å²) in [5, 5.41) is 23.4. The second-order valence-electron chi connectivity index (χ2n) is 4.17. The van der Waals surface area contributed by atoms with Gasteiger partial charge in [0, 0.05) is 0 Å². The molecule has 0 saturated carbocycles. The van der Waals surface area contributed by atoms with Crippen LogP contribution in [-0.2, 0) is 4.79 Å². The second-order valence-corrected chi connectivity index (χ2v) is 4.17. The maximum atomic E-state index is 10.8. The third-order valence-corrected chi connectivity index (χ3v) is 2.15. The zero-order valence-corrected chi connectivity index (χ0v) is 10.4. The van der Waals surface area contributed by atoms with Crippen LogP contribution in [0.4, 0.5) is 5.69 Å². The Morgan fingerprint density at radius 1 is 1.61 bits per heavy atom. The van der Waals surface area contributed by atoms with E-state index in [2.05, 4.69) is 5.10 Å². The van der Waals surface area contributed by atoms with Crippen molar-refractivity contribution in [2.75, 3.05) is 0 Å². The number of hydrogen-bond acceptors (Lipinski definition) is 5. The zero-order chi connectivity index (χ0) is 13.9. The Labute approximate surface area is 103 Å². The van der Waals surface area contributed by atoms with Gasteiger partial charge in [-0.25, -0.2) is 0 Å². The summed E-state index contributed by atoms with van der Waals surface area (Å²) >= 11 is 0. The largest absolute Gasteiger partial charge is 0.481 e. The van der Waals surface area contributed by atoms with Crippen LogP contribution in [0, 0.1) is 10.1 Å². The van der Waals surface area contributed by atoms with Crippen LogP contribution in [0.3, 0.4) is 0 Å². The standard InChI is InChI=1S/C10H15N3O5/c1-6(2)18-10-8(13(16)17)5-12(11-10)7(3)4-9(14)15/h5-7H,4H2,1-3H3,(H,14,15). The lowest BCUT2D eigenvalue weighted by atomic mass is 10.2. The summed E-state index contributed by atoms with van der Waals surface area (Å²) in [5.41, 5.74) is -0.263. The summed E-state index contributed by atoms with van der Waals surface area (Å²) in [6, 6.07) is -0.481. The molecule has 0 amide bonds. The molecule has 1 unspecified atom stereocenters. The molecule has 0 saturated heterocycles. The molecule has 1 heterocycles. The Morgan fingerprint density at radius 3 is 2.67 bits per heavy atom. The number of aromatic nitrogens is 2. The van der Waals surface area contributed by atoms with Crippen LogP contribution in [0.15, 0.2) is 6.20 Å². The van der Waals surface area contributed by atoms with Crippen molar-refractivity contribution in [2.24, 2.45) is 0 Å². The van der Waals surface area contributed by atoms with Gasteiger partial charge in [-0.15, -0.1) is 5.10 Å². The molecule has 0 aliphatic heterocycles. The van der Waals surface area contributed by atoms with Crippen LogP contribution >= 0.6 is 0 Å². The van der Waals surface area contributed by atoms with Gasteiger partial charge < -0.3 is 9.84 Å². The number of carbonyl (C=O) groups is 1. The lowest BCUT2D eigenvalue weighted by Crippen LogP contribution is -2.12. The summed E-state index contributed by atoms with van der Waals surface area (Å²) in [5.74, 6) is -1.08. The van der Waals surface area contributed by atoms with Gasteiger partial charge in [-0.3, -0.25) is 19.6 Å². The Kier molecular flexibility index (Phi) is 4.24. The number of carboxylic acids is 1. The van der Waals surface area contributed by atoms with E-state index >= 15 is 0 Å². The van der Waals surface area contributed by atoms with Crippen LogP contribution in [0.25, 0.3) is 0 Å². The van der Waals surface area contributed by atoms with E-state index in [-0.39, 0.29) is 24.1 Å². The first kappa shape index (κ1) is 13.9. The van der Waals surface area contributed by atoms with Crippen molar-refractivity contribution in [3.8, 4) is 5.88 Å². The van der Waals surface area contributed by atoms with Gasteiger partial charge in [-0.1, -0.05) is 0 Å². The fourth-order valence-corrected chi connectivity index (χ4v) is 1.37. The molecule has 0 aliphatic rings. The van der Waals surface area contributed by atoms with E-state index in [9.17, 15) is 14.9 Å². The van der Waals surface area contributed by atoms with Crippen molar-refractivity contribution in [2.45, 2.75) is 39.3 Å². The van der Waals surface area contributed by atoms with Gasteiger partial charge in [0.05, 0.1) is 23.5 Å². The number of aliphatic carboxylic acids is 1. The molecule has 1 atom stereocenters. The molecule has 1 N–H and O–H groups in total. The number of ether oxygens (including phenoxy) is 1. The van der Waals surface area contributed by atoms with Crippen molar-refractivity contribution in [3.63, 3.8) is 0 Å². The number of nitrogens with zero attached hydrogens (tertiary/aromatic N) is 3. The topological polar surface area (TPSA) is 107 Å². The lowest BCUT2D eigenvalue weighted by molar-refractivity contribution is -0.386. The Bertz CT molecular complexity index is 454. The van der Waals surface area contributed by atoms with Crippen molar-refractivity contribution >= 4 is 11.7 Å². The van der Waals surface area contributed by atoms with E-state index in [1.54, 1.807) is 20.8 Å². The first-order valence-electron chi connectivity index (χ1n) is 5.43. The Balaban J connectivity index is 3.01. The maximum absolute atomic E-state index is 10.8. The summed E-state index contributed by atoms with van der Waals surface area (Å²) in [4.78, 5) is 20.8. The highest BCUT2D eigenvalue weighted by Gasteiger charge is 2.24. The highest BCUT2D eigenvalue weighted by atomic mass is 16.6. The van der Waals surface area contributed by atoms with E-state index < -0.39 is 16.9 Å². The van der Waals surface area contributed by atoms with Crippen molar-refractivity contribution in [1.82, 2.24) is 9.78 Å². The smallest absolute Gasteiger partial charge is 0.350 e. The van der Waals surface area contributed by atoms with E-state index in [4.69, 9.17) is 9.84 Å². The Hall–Kier alpha value is -2.12. The van der Waals surface area contributed by atoms with Gasteiger partial charge in [-0.2, -0.15) is 0 Å². The molecule has 0 spiro atoms. The van der Waals surface area contributed by atoms with Crippen molar-refractivity contribution in [1.29, 1.82) is 0 Å². The first-order valence-corrected chi connectivity index (χ1v) is 5.43. The average Bonchev–Trinajstić information content (AvgIpc) is 2.59. The second kappa shape index (κ2) is 5.48. The highest BCUT2D eigenvalue weighted by Crippen LogP contribution is 2.27. The molecule has 1 rings (SSSR count). The highest BCUT2D eigenvalue weighted by molar-refractivity contribution is 5.67. The van der Waals surface area contributed by atoms with Gasteiger partial charge in [0.2, 0.25) is 0 Å². The molecule has 0 fully saturated rings. The quantitative estimate of drug-likeness (QED) is 0.612. The van der Waals surface area contributed by atoms with E-state index in [0.29, 0.717) is 0 Å². The molecule has 8 heteroatoms. The van der Waals surface area contributed by atoms with E-state index in [1.165, 1.54) is 10.9 Å². The molecule has 0 aromatic carbocycles. The molecule has 0 aliphatic carbocycles. The fraction of sp³-hybridized carbons (Fsp3) is 0.600. The maximum Gasteiger partial charge on any atom is 0.350 e. The van der Waals surface area contributed by atoms with E-state index in [0.717, 1.165) is 0 Å². The van der Waals surface area contributed by atoms with Crippen LogP contribution in [0.2, 0.25) is 0 Å². The minimum Gasteiger partial charge on any atom is -0.481 e. The molecule has 8 nitrogen and oxygen atoms in total. The number of nitro groups is 1. The van der Waals surface area contributed by atoms with Gasteiger partial charge in [0.25, 0.3) is 0 Å². The average molecular weight is 257 g/mol. The number of carboxylic acid groups (broad SMARTS) is 1. The molecule has 0 bridgehead atoms. The molecule has 1 aromatic heterocycles. The lowest BCUT2D eigenvalue weighted by Gasteiger charge is -2.08. The zero-order valence-electron chi connectivity index (χ0n) is 10.4. The predicted molar refractivity (Wildman–Crippen MR) is 61.6 cm³/mol. The Morgan fingerprint density at radius 2 is 2.22 bits per heavy atom. The third-order valence-electron chi connectivity index (χ3n) is 2.15. The van der Waals surface area contributed by atoms with E-state index in [1.807, 2.05) is 0 Å². The predicted octanol–water partition coefficient (Wildman–Crippen LogP) is 1.61. The van der Waals surface area contributed by atoms with Gasteiger partial charge >= 0.3 is 17.5 Å². The van der Waals surface area contributed by atoms with Crippen LogP contribution < -0.4 is 4.74 Å². The monoisotopic (exact) mass is 257 g/mol. The van der Waals surface area contributed by atoms with Gasteiger partial charge in [0.1, 0.15) is 6.20 Å². The van der Waals surface area contributed by atoms with Gasteiger partial charge in [-0.05, 0) is 20.8 Å². The summed E-state index contributed by atoms with van der Waals surface area (Å²) < 4.78 is 6.46. The minimum atomic E-state index is -0.994. The third kappa shape index (κ3) is 3.44. The molecule has 18 heavy (non-hydrogen) atoms. The molecule has 100 valence electrons. The fourth-order valence-electron chi connectivity index (χ4n) is 1.37. The first-order chi connectivity index (χ1) is 8.31. The number of rotatable bonds is 6. The van der Waals surface area contributed by atoms with Crippen LogP contribution in [0.5, 0.6) is 5.88 Å². The van der Waals surface area contributed by atoms with Crippen molar-refractivity contribution in [3.05, 3.63) is 16.3 Å². The normalized spacial score (nSPS) is 12.4. The van der Waals surface area contributed by atoms with Gasteiger partial charge in [0.15, 0.2) is 0 Å². The summed E-state index contributed by atoms with van der Waals surface area (Å²) in [6.45, 7) is 5.07. The summed E-state index contributed by atoms with van der Waals surface area (Å²) in [6.07, 6.45) is 0.771. The molecular weight excluding hydrogens is 242 g/mol. The van der Waals surface area contributed by atoms with Crippen LogP contribution in [0.1, 0.15) is 33.2 Å². The molecule has 0 radical (unpaired) electrons.